The van der Waals surface area contributed by atoms with Crippen molar-refractivity contribution in [2.24, 2.45) is 0 Å². The van der Waals surface area contributed by atoms with Gasteiger partial charge in [-0.05, 0) is 11.6 Å². The maximum Gasteiger partial charge on any atom is 0.335 e. The first kappa shape index (κ1) is 9.79. The lowest BCUT2D eigenvalue weighted by Crippen LogP contribution is -2.41. The molecule has 0 aromatic carbocycles. The number of nitrogens with zero attached hydrogens (tertiary/aromatic N) is 2. The normalized spacial score (nSPS) is 16.3. The molecule has 1 N–H and O–H groups in total. The Balaban J connectivity index is 2.71. The molecule has 1 aliphatic heterocycles. The molecule has 0 saturated carbocycles. The fraction of sp³-hybridized carbons (Fsp3) is 0.500. The summed E-state index contributed by atoms with van der Waals surface area (Å²) in [5.74, 6) is 0. The predicted molar refractivity (Wildman–Crippen MR) is 44.5 cm³/mol. The minimum Gasteiger partial charge on any atom is -0.341 e. The van der Waals surface area contributed by atoms with Crippen LogP contribution in [0.4, 0.5) is 14.4 Å². The smallest absolute Gasteiger partial charge is 0.335 e. The molecule has 0 radical (unpaired) electrons. The topological polar surface area (TPSA) is 69.7 Å². The van der Waals surface area contributed by atoms with Crippen molar-refractivity contribution in [3.05, 3.63) is 0 Å². The van der Waals surface area contributed by atoms with Gasteiger partial charge in [-0.2, -0.15) is 0 Å². The molecular weight excluding hydrogens is 198 g/mol. The SMILES string of the molecule is CNC(=O)N1CCN(C(=O)Cl)C1=O. The van der Waals surface area contributed by atoms with Crippen LogP contribution in [0, 0.1) is 0 Å². The van der Waals surface area contributed by atoms with Gasteiger partial charge < -0.3 is 5.32 Å². The third-order valence-corrected chi connectivity index (χ3v) is 1.88. The van der Waals surface area contributed by atoms with Crippen LogP contribution in [-0.2, 0) is 0 Å². The molecule has 0 aromatic heterocycles. The predicted octanol–water partition coefficient (Wildman–Crippen LogP) is 0.422. The quantitative estimate of drug-likeness (QED) is 0.460. The van der Waals surface area contributed by atoms with E-state index < -0.39 is 17.4 Å². The minimum atomic E-state index is -0.864. The first-order valence-corrected chi connectivity index (χ1v) is 3.96. The van der Waals surface area contributed by atoms with Gasteiger partial charge in [-0.25, -0.2) is 19.4 Å². The molecule has 5 amide bonds. The number of nitrogens with one attached hydrogen (secondary N) is 1. The lowest BCUT2D eigenvalue weighted by atomic mass is 10.6. The first-order chi connectivity index (χ1) is 6.07. The minimum absolute atomic E-state index is 0.147. The zero-order chi connectivity index (χ0) is 10.0. The monoisotopic (exact) mass is 205 g/mol. The number of hydrogen-bond donors (Lipinski definition) is 1. The lowest BCUT2D eigenvalue weighted by Gasteiger charge is -2.12. The molecule has 1 heterocycles. The van der Waals surface area contributed by atoms with Crippen LogP contribution in [0.2, 0.25) is 0 Å². The second-order valence-corrected chi connectivity index (χ2v) is 2.72. The van der Waals surface area contributed by atoms with Gasteiger partial charge in [0.25, 0.3) is 0 Å². The summed E-state index contributed by atoms with van der Waals surface area (Å²) >= 11 is 5.10. The Kier molecular flexibility index (Phi) is 2.72. The number of halogens is 1. The highest BCUT2D eigenvalue weighted by Crippen LogP contribution is 2.10. The summed E-state index contributed by atoms with van der Waals surface area (Å²) in [6.07, 6.45) is 0. The number of amides is 5. The van der Waals surface area contributed by atoms with Crippen LogP contribution >= 0.6 is 11.6 Å². The van der Waals surface area contributed by atoms with E-state index in [-0.39, 0.29) is 13.1 Å². The number of imide groups is 2. The van der Waals surface area contributed by atoms with E-state index >= 15 is 0 Å². The van der Waals surface area contributed by atoms with E-state index in [2.05, 4.69) is 5.32 Å². The Morgan fingerprint density at radius 3 is 2.31 bits per heavy atom. The van der Waals surface area contributed by atoms with Crippen LogP contribution in [0.5, 0.6) is 0 Å². The summed E-state index contributed by atoms with van der Waals surface area (Å²) in [4.78, 5) is 34.6. The van der Waals surface area contributed by atoms with Crippen LogP contribution < -0.4 is 5.32 Å². The largest absolute Gasteiger partial charge is 0.341 e. The standard InChI is InChI=1S/C6H8ClN3O3/c1-8-5(12)10-3-2-9(4(7)11)6(10)13/h2-3H2,1H3,(H,8,12). The average Bonchev–Trinajstić information content (AvgIpc) is 2.46. The van der Waals surface area contributed by atoms with Crippen LogP contribution in [0.1, 0.15) is 0 Å². The van der Waals surface area contributed by atoms with E-state index in [9.17, 15) is 14.4 Å². The number of urea groups is 2. The van der Waals surface area contributed by atoms with Crippen molar-refractivity contribution < 1.29 is 14.4 Å². The maximum absolute atomic E-state index is 11.2. The highest BCUT2D eigenvalue weighted by Gasteiger charge is 2.35. The molecule has 7 heteroatoms. The Labute approximate surface area is 79.4 Å². The third-order valence-electron chi connectivity index (χ3n) is 1.68. The molecule has 1 saturated heterocycles. The molecule has 0 atom stereocenters. The Morgan fingerprint density at radius 1 is 1.38 bits per heavy atom. The average molecular weight is 206 g/mol. The van der Waals surface area contributed by atoms with Crippen molar-refractivity contribution in [2.45, 2.75) is 0 Å². The van der Waals surface area contributed by atoms with Gasteiger partial charge >= 0.3 is 17.4 Å². The number of carbonyl (C=O) groups is 3. The fourth-order valence-corrected chi connectivity index (χ4v) is 1.18. The molecule has 0 aliphatic carbocycles. The second kappa shape index (κ2) is 3.61. The molecule has 0 aromatic rings. The molecule has 1 fully saturated rings. The van der Waals surface area contributed by atoms with E-state index in [4.69, 9.17) is 11.6 Å². The molecule has 0 unspecified atom stereocenters. The number of carbonyl (C=O) groups excluding carboxylic acids is 3. The Hall–Kier alpha value is -1.30. The van der Waals surface area contributed by atoms with Crippen molar-refractivity contribution in [3.8, 4) is 0 Å². The van der Waals surface area contributed by atoms with Gasteiger partial charge in [-0.1, -0.05) is 0 Å². The van der Waals surface area contributed by atoms with Crippen molar-refractivity contribution in [1.82, 2.24) is 15.1 Å². The highest BCUT2D eigenvalue weighted by molar-refractivity contribution is 6.64. The second-order valence-electron chi connectivity index (χ2n) is 2.39. The fourth-order valence-electron chi connectivity index (χ4n) is 1.02. The molecule has 0 bridgehead atoms. The van der Waals surface area contributed by atoms with Crippen molar-refractivity contribution in [3.63, 3.8) is 0 Å². The molecular formula is C6H8ClN3O3. The lowest BCUT2D eigenvalue weighted by molar-refractivity contribution is 0.188. The number of rotatable bonds is 0. The molecule has 1 aliphatic rings. The van der Waals surface area contributed by atoms with Gasteiger partial charge in [0.05, 0.1) is 6.54 Å². The van der Waals surface area contributed by atoms with Gasteiger partial charge in [-0.15, -0.1) is 0 Å². The van der Waals surface area contributed by atoms with Crippen LogP contribution in [-0.4, -0.2) is 47.4 Å². The van der Waals surface area contributed by atoms with E-state index in [1.54, 1.807) is 0 Å². The van der Waals surface area contributed by atoms with Gasteiger partial charge in [0.2, 0.25) is 0 Å². The molecule has 1 rings (SSSR count). The third kappa shape index (κ3) is 1.72. The van der Waals surface area contributed by atoms with Crippen LogP contribution in [0.25, 0.3) is 0 Å². The van der Waals surface area contributed by atoms with Crippen molar-refractivity contribution >= 4 is 29.0 Å². The summed E-state index contributed by atoms with van der Waals surface area (Å²) in [7, 11) is 1.40. The summed E-state index contributed by atoms with van der Waals surface area (Å²) < 4.78 is 0. The van der Waals surface area contributed by atoms with E-state index in [1.807, 2.05) is 0 Å². The van der Waals surface area contributed by atoms with Gasteiger partial charge in [-0.3, -0.25) is 4.79 Å². The van der Waals surface area contributed by atoms with E-state index in [1.165, 1.54) is 7.05 Å². The van der Waals surface area contributed by atoms with Gasteiger partial charge in [0, 0.05) is 13.6 Å². The molecule has 72 valence electrons. The van der Waals surface area contributed by atoms with Crippen molar-refractivity contribution in [2.75, 3.05) is 20.1 Å². The molecule has 6 nitrogen and oxygen atoms in total. The van der Waals surface area contributed by atoms with Crippen molar-refractivity contribution in [1.29, 1.82) is 0 Å². The van der Waals surface area contributed by atoms with E-state index in [0.29, 0.717) is 0 Å². The molecule has 13 heavy (non-hydrogen) atoms. The highest BCUT2D eigenvalue weighted by atomic mass is 35.5. The summed E-state index contributed by atoms with van der Waals surface area (Å²) in [6.45, 7) is 0.325. The van der Waals surface area contributed by atoms with Gasteiger partial charge in [0.15, 0.2) is 0 Å². The summed E-state index contributed by atoms with van der Waals surface area (Å²) in [5.41, 5.74) is 0. The van der Waals surface area contributed by atoms with Gasteiger partial charge in [0.1, 0.15) is 0 Å². The summed E-state index contributed by atoms with van der Waals surface area (Å²) in [5, 5.41) is 1.42. The van der Waals surface area contributed by atoms with E-state index in [0.717, 1.165) is 9.80 Å². The van der Waals surface area contributed by atoms with Crippen LogP contribution in [0.3, 0.4) is 0 Å². The maximum atomic E-state index is 11.2. The van der Waals surface area contributed by atoms with Crippen LogP contribution in [0.15, 0.2) is 0 Å². The number of hydrogen-bond acceptors (Lipinski definition) is 3. The first-order valence-electron chi connectivity index (χ1n) is 3.58. The Bertz CT molecular complexity index is 268. The molecule has 0 spiro atoms. The Morgan fingerprint density at radius 2 is 1.92 bits per heavy atom. The summed E-state index contributed by atoms with van der Waals surface area (Å²) in [6, 6.07) is -1.22. The zero-order valence-corrected chi connectivity index (χ0v) is 7.67. The zero-order valence-electron chi connectivity index (χ0n) is 6.91.